The van der Waals surface area contributed by atoms with Crippen LogP contribution in [0.1, 0.15) is 23.6 Å². The molecule has 0 amide bonds. The molecule has 8 heteroatoms. The molecule has 0 radical (unpaired) electrons. The molecule has 1 aromatic carbocycles. The van der Waals surface area contributed by atoms with Crippen molar-refractivity contribution in [3.8, 4) is 0 Å². The lowest BCUT2D eigenvalue weighted by molar-refractivity contribution is -0.138. The summed E-state index contributed by atoms with van der Waals surface area (Å²) in [7, 11) is 0. The third-order valence-corrected chi connectivity index (χ3v) is 2.13. The topological polar surface area (TPSA) is 26.0 Å². The van der Waals surface area contributed by atoms with Crippen LogP contribution in [-0.4, -0.2) is 6.18 Å². The van der Waals surface area contributed by atoms with Crippen molar-refractivity contribution in [2.75, 3.05) is 0 Å². The van der Waals surface area contributed by atoms with Crippen LogP contribution in [0, 0.1) is 5.82 Å². The first-order valence-corrected chi connectivity index (χ1v) is 4.69. The third kappa shape index (κ3) is 4.17. The maximum atomic E-state index is 12.9. The van der Waals surface area contributed by atoms with E-state index < -0.39 is 41.8 Å². The van der Waals surface area contributed by atoms with Crippen molar-refractivity contribution in [2.45, 2.75) is 24.8 Å². The van der Waals surface area contributed by atoms with Gasteiger partial charge in [-0.2, -0.15) is 26.3 Å². The lowest BCUT2D eigenvalue weighted by atomic mass is 10.0. The van der Waals surface area contributed by atoms with Crippen LogP contribution < -0.4 is 5.73 Å². The number of benzene rings is 1. The van der Waals surface area contributed by atoms with Gasteiger partial charge in [0.15, 0.2) is 0 Å². The minimum absolute atomic E-state index is 0.198. The fraction of sp³-hybridized carbons (Fsp3) is 0.400. The minimum Gasteiger partial charge on any atom is -0.324 e. The largest absolute Gasteiger partial charge is 0.416 e. The molecule has 102 valence electrons. The Balaban J connectivity index is 3.07. The molecule has 0 spiro atoms. The molecule has 0 saturated carbocycles. The Hall–Kier alpha value is -1.31. The number of rotatable bonds is 2. The molecule has 18 heavy (non-hydrogen) atoms. The summed E-state index contributed by atoms with van der Waals surface area (Å²) >= 11 is 0. The predicted octanol–water partition coefficient (Wildman–Crippen LogP) is 3.80. The molecule has 0 bridgehead atoms. The highest BCUT2D eigenvalue weighted by Crippen LogP contribution is 2.33. The molecule has 0 fully saturated rings. The van der Waals surface area contributed by atoms with Crippen LogP contribution in [0.25, 0.3) is 0 Å². The van der Waals surface area contributed by atoms with E-state index in [1.54, 1.807) is 0 Å². The van der Waals surface area contributed by atoms with Gasteiger partial charge in [0, 0.05) is 6.04 Å². The zero-order chi connectivity index (χ0) is 14.1. The van der Waals surface area contributed by atoms with Gasteiger partial charge in [-0.25, -0.2) is 4.39 Å². The van der Waals surface area contributed by atoms with E-state index in [2.05, 4.69) is 0 Å². The highest BCUT2D eigenvalue weighted by Gasteiger charge is 2.34. The van der Waals surface area contributed by atoms with Gasteiger partial charge in [0.05, 0.1) is 12.0 Å². The SMILES string of the molecule is NC(CC(F)(F)F)c1cc(F)cc(C(F)(F)F)c1. The normalized spacial score (nSPS) is 14.7. The molecule has 0 aliphatic rings. The summed E-state index contributed by atoms with van der Waals surface area (Å²) < 4.78 is 86.0. The summed E-state index contributed by atoms with van der Waals surface area (Å²) in [6.45, 7) is 0. The number of nitrogens with two attached hydrogens (primary N) is 1. The molecule has 1 rings (SSSR count). The summed E-state index contributed by atoms with van der Waals surface area (Å²) in [5.41, 5.74) is 3.20. The van der Waals surface area contributed by atoms with Crippen LogP contribution in [-0.2, 0) is 6.18 Å². The fourth-order valence-corrected chi connectivity index (χ4v) is 1.36. The average Bonchev–Trinajstić information content (AvgIpc) is 2.12. The van der Waals surface area contributed by atoms with Gasteiger partial charge >= 0.3 is 12.4 Å². The smallest absolute Gasteiger partial charge is 0.324 e. The minimum atomic E-state index is -4.84. The van der Waals surface area contributed by atoms with Crippen LogP contribution in [0.3, 0.4) is 0 Å². The number of halogens is 7. The van der Waals surface area contributed by atoms with Crippen LogP contribution in [0.2, 0.25) is 0 Å². The van der Waals surface area contributed by atoms with Gasteiger partial charge in [-0.15, -0.1) is 0 Å². The van der Waals surface area contributed by atoms with Gasteiger partial charge in [-0.3, -0.25) is 0 Å². The number of hydrogen-bond donors (Lipinski definition) is 1. The van der Waals surface area contributed by atoms with Crippen molar-refractivity contribution in [1.29, 1.82) is 0 Å². The van der Waals surface area contributed by atoms with E-state index in [0.29, 0.717) is 12.1 Å². The van der Waals surface area contributed by atoms with E-state index in [1.807, 2.05) is 0 Å². The van der Waals surface area contributed by atoms with Gasteiger partial charge < -0.3 is 5.73 Å². The Morgan fingerprint density at radius 2 is 1.56 bits per heavy atom. The number of alkyl halides is 6. The van der Waals surface area contributed by atoms with Gasteiger partial charge in [0.25, 0.3) is 0 Å². The van der Waals surface area contributed by atoms with Crippen molar-refractivity contribution in [2.24, 2.45) is 5.73 Å². The van der Waals surface area contributed by atoms with Crippen molar-refractivity contribution < 1.29 is 30.7 Å². The predicted molar refractivity (Wildman–Crippen MR) is 49.0 cm³/mol. The summed E-state index contributed by atoms with van der Waals surface area (Å²) in [5.74, 6) is -1.28. The van der Waals surface area contributed by atoms with E-state index >= 15 is 0 Å². The number of hydrogen-bond acceptors (Lipinski definition) is 1. The molecule has 2 N–H and O–H groups in total. The second-order valence-electron chi connectivity index (χ2n) is 3.70. The molecule has 0 aliphatic heterocycles. The van der Waals surface area contributed by atoms with E-state index in [0.717, 1.165) is 0 Å². The maximum absolute atomic E-state index is 12.9. The Morgan fingerprint density at radius 1 is 1.00 bits per heavy atom. The van der Waals surface area contributed by atoms with E-state index in [9.17, 15) is 30.7 Å². The molecule has 1 aromatic rings. The molecular formula is C10H8F7N. The standard InChI is InChI=1S/C10H8F7N/c11-7-2-5(8(18)4-9(12,13)14)1-6(3-7)10(15,16)17/h1-3,8H,4,18H2. The quantitative estimate of drug-likeness (QED) is 0.816. The summed E-state index contributed by atoms with van der Waals surface area (Å²) in [5, 5.41) is 0. The summed E-state index contributed by atoms with van der Waals surface area (Å²) in [4.78, 5) is 0. The second kappa shape index (κ2) is 4.75. The average molecular weight is 275 g/mol. The van der Waals surface area contributed by atoms with Gasteiger partial charge in [0.2, 0.25) is 0 Å². The molecule has 1 nitrogen and oxygen atoms in total. The molecule has 0 aliphatic carbocycles. The molecule has 1 unspecified atom stereocenters. The Kier molecular flexibility index (Phi) is 3.89. The van der Waals surface area contributed by atoms with Crippen molar-refractivity contribution in [3.05, 3.63) is 35.1 Å². The zero-order valence-corrected chi connectivity index (χ0v) is 8.74. The Labute approximate surface area is 97.4 Å². The van der Waals surface area contributed by atoms with Crippen molar-refractivity contribution in [3.63, 3.8) is 0 Å². The van der Waals surface area contributed by atoms with Crippen LogP contribution >= 0.6 is 0 Å². The van der Waals surface area contributed by atoms with Crippen LogP contribution in [0.15, 0.2) is 18.2 Å². The second-order valence-corrected chi connectivity index (χ2v) is 3.70. The highest BCUT2D eigenvalue weighted by molar-refractivity contribution is 5.29. The molecule has 0 aromatic heterocycles. The van der Waals surface area contributed by atoms with E-state index in [4.69, 9.17) is 5.73 Å². The van der Waals surface area contributed by atoms with Gasteiger partial charge in [-0.1, -0.05) is 0 Å². The van der Waals surface area contributed by atoms with Gasteiger partial charge in [-0.05, 0) is 23.8 Å². The van der Waals surface area contributed by atoms with E-state index in [-0.39, 0.29) is 6.07 Å². The molecular weight excluding hydrogens is 267 g/mol. The molecule has 1 atom stereocenters. The van der Waals surface area contributed by atoms with Crippen LogP contribution in [0.4, 0.5) is 30.7 Å². The molecule has 0 saturated heterocycles. The highest BCUT2D eigenvalue weighted by atomic mass is 19.4. The lowest BCUT2D eigenvalue weighted by Gasteiger charge is -2.16. The van der Waals surface area contributed by atoms with Gasteiger partial charge in [0.1, 0.15) is 5.82 Å². The lowest BCUT2D eigenvalue weighted by Crippen LogP contribution is -2.21. The zero-order valence-electron chi connectivity index (χ0n) is 8.74. The summed E-state index contributed by atoms with van der Waals surface area (Å²) in [6, 6.07) is -0.559. The first kappa shape index (κ1) is 14.7. The molecule has 0 heterocycles. The first-order valence-electron chi connectivity index (χ1n) is 4.69. The van der Waals surface area contributed by atoms with Crippen molar-refractivity contribution in [1.82, 2.24) is 0 Å². The first-order chi connectivity index (χ1) is 7.99. The summed E-state index contributed by atoms with van der Waals surface area (Å²) in [6.07, 6.45) is -11.0. The monoisotopic (exact) mass is 275 g/mol. The van der Waals surface area contributed by atoms with E-state index in [1.165, 1.54) is 0 Å². The Bertz CT molecular complexity index is 421. The van der Waals surface area contributed by atoms with Crippen LogP contribution in [0.5, 0.6) is 0 Å². The fourth-order valence-electron chi connectivity index (χ4n) is 1.36. The Morgan fingerprint density at radius 3 is 2.00 bits per heavy atom. The third-order valence-electron chi connectivity index (χ3n) is 2.13. The van der Waals surface area contributed by atoms with Crippen molar-refractivity contribution >= 4 is 0 Å². The maximum Gasteiger partial charge on any atom is 0.416 e.